The van der Waals surface area contributed by atoms with Gasteiger partial charge >= 0.3 is 0 Å². The number of piperazine rings is 1. The number of anilines is 1. The molecule has 1 atom stereocenters. The van der Waals surface area contributed by atoms with Crippen molar-refractivity contribution >= 4 is 11.5 Å². The van der Waals surface area contributed by atoms with Gasteiger partial charge in [0.15, 0.2) is 5.82 Å². The van der Waals surface area contributed by atoms with Crippen LogP contribution < -0.4 is 4.90 Å². The quantitative estimate of drug-likeness (QED) is 0.568. The summed E-state index contributed by atoms with van der Waals surface area (Å²) in [4.78, 5) is 27.3. The molecule has 2 fully saturated rings. The van der Waals surface area contributed by atoms with Gasteiger partial charge in [-0.1, -0.05) is 6.92 Å². The zero-order valence-corrected chi connectivity index (χ0v) is 17.1. The summed E-state index contributed by atoms with van der Waals surface area (Å²) < 4.78 is 0. The second kappa shape index (κ2) is 8.42. The molecule has 2 aliphatic rings. The molecule has 0 aliphatic carbocycles. The van der Waals surface area contributed by atoms with Crippen LogP contribution in [0.1, 0.15) is 19.0 Å². The highest BCUT2D eigenvalue weighted by Gasteiger charge is 2.30. The number of aryl methyl sites for hydroxylation is 1. The van der Waals surface area contributed by atoms with Gasteiger partial charge in [0.05, 0.1) is 4.92 Å². The number of nitro groups is 1. The molecular weight excluding hydrogens is 368 g/mol. The van der Waals surface area contributed by atoms with Crippen LogP contribution in [0, 0.1) is 17.0 Å². The molecule has 1 aromatic carbocycles. The average Bonchev–Trinajstić information content (AvgIpc) is 3.24. The van der Waals surface area contributed by atoms with E-state index >= 15 is 0 Å². The van der Waals surface area contributed by atoms with Crippen LogP contribution in [-0.2, 0) is 0 Å². The van der Waals surface area contributed by atoms with Crippen LogP contribution in [0.25, 0.3) is 11.4 Å². The van der Waals surface area contributed by atoms with E-state index in [4.69, 9.17) is 4.98 Å². The second-order valence-corrected chi connectivity index (χ2v) is 7.85. The van der Waals surface area contributed by atoms with Gasteiger partial charge in [0.1, 0.15) is 5.82 Å². The minimum atomic E-state index is -0.392. The molecule has 0 radical (unpaired) electrons. The van der Waals surface area contributed by atoms with E-state index in [1.54, 1.807) is 12.1 Å². The third-order valence-electron chi connectivity index (χ3n) is 6.03. The summed E-state index contributed by atoms with van der Waals surface area (Å²) in [7, 11) is 0. The maximum absolute atomic E-state index is 10.9. The Balaban J connectivity index is 1.47. The molecule has 0 bridgehead atoms. The summed E-state index contributed by atoms with van der Waals surface area (Å²) in [6.45, 7) is 11.9. The summed E-state index contributed by atoms with van der Waals surface area (Å²) in [5, 5.41) is 10.9. The minimum absolute atomic E-state index is 0.0761. The lowest BCUT2D eigenvalue weighted by atomic mass is 10.2. The van der Waals surface area contributed by atoms with Gasteiger partial charge in [-0.3, -0.25) is 15.0 Å². The zero-order chi connectivity index (χ0) is 20.4. The standard InChI is InChI=1S/C21H28N6O2/c1-3-24-10-12-25(13-11-24)19-8-9-26(15-19)20-14-16(2)22-21(23-20)17-4-6-18(7-5-17)27(28)29/h4-7,14,19H,3,8-13,15H2,1-2H3. The minimum Gasteiger partial charge on any atom is -0.355 e. The largest absolute Gasteiger partial charge is 0.355 e. The van der Waals surface area contributed by atoms with Crippen molar-refractivity contribution in [1.82, 2.24) is 19.8 Å². The van der Waals surface area contributed by atoms with Crippen molar-refractivity contribution in [1.29, 1.82) is 0 Å². The van der Waals surface area contributed by atoms with Crippen molar-refractivity contribution < 1.29 is 4.92 Å². The first kappa shape index (κ1) is 19.7. The van der Waals surface area contributed by atoms with Crippen LogP contribution in [-0.4, -0.2) is 76.5 Å². The van der Waals surface area contributed by atoms with Crippen molar-refractivity contribution in [3.8, 4) is 11.4 Å². The van der Waals surface area contributed by atoms with Gasteiger partial charge in [-0.25, -0.2) is 9.97 Å². The lowest BCUT2D eigenvalue weighted by molar-refractivity contribution is -0.384. The molecule has 3 heterocycles. The fourth-order valence-electron chi connectivity index (χ4n) is 4.27. The molecule has 4 rings (SSSR count). The molecule has 0 spiro atoms. The van der Waals surface area contributed by atoms with Gasteiger partial charge in [-0.2, -0.15) is 0 Å². The smallest absolute Gasteiger partial charge is 0.269 e. The topological polar surface area (TPSA) is 78.6 Å². The van der Waals surface area contributed by atoms with Crippen LogP contribution in [0.3, 0.4) is 0 Å². The van der Waals surface area contributed by atoms with E-state index in [9.17, 15) is 10.1 Å². The Morgan fingerprint density at radius 1 is 1.10 bits per heavy atom. The lowest BCUT2D eigenvalue weighted by Gasteiger charge is -2.37. The Bertz CT molecular complexity index is 864. The molecule has 1 unspecified atom stereocenters. The normalized spacial score (nSPS) is 20.9. The number of nitro benzene ring substituents is 1. The van der Waals surface area contributed by atoms with Gasteiger partial charge in [0.2, 0.25) is 0 Å². The van der Waals surface area contributed by atoms with Crippen molar-refractivity contribution in [2.24, 2.45) is 0 Å². The molecule has 2 saturated heterocycles. The molecule has 1 aromatic heterocycles. The lowest BCUT2D eigenvalue weighted by Crippen LogP contribution is -2.50. The van der Waals surface area contributed by atoms with Crippen molar-refractivity contribution in [2.75, 3.05) is 50.7 Å². The van der Waals surface area contributed by atoms with Crippen LogP contribution in [0.2, 0.25) is 0 Å². The number of non-ortho nitro benzene ring substituents is 1. The van der Waals surface area contributed by atoms with Gasteiger partial charge in [0.25, 0.3) is 5.69 Å². The van der Waals surface area contributed by atoms with Gasteiger partial charge in [-0.15, -0.1) is 0 Å². The predicted octanol–water partition coefficient (Wildman–Crippen LogP) is 2.58. The van der Waals surface area contributed by atoms with Crippen molar-refractivity contribution in [3.63, 3.8) is 0 Å². The summed E-state index contributed by atoms with van der Waals surface area (Å²) in [5.74, 6) is 1.57. The van der Waals surface area contributed by atoms with E-state index in [1.807, 2.05) is 13.0 Å². The Kier molecular flexibility index (Phi) is 5.73. The number of hydrogen-bond acceptors (Lipinski definition) is 7. The Morgan fingerprint density at radius 2 is 1.83 bits per heavy atom. The fraction of sp³-hybridized carbons (Fsp3) is 0.524. The van der Waals surface area contributed by atoms with Crippen molar-refractivity contribution in [3.05, 3.63) is 46.1 Å². The molecule has 29 heavy (non-hydrogen) atoms. The van der Waals surface area contributed by atoms with E-state index in [0.29, 0.717) is 11.9 Å². The Labute approximate surface area is 171 Å². The molecule has 154 valence electrons. The van der Waals surface area contributed by atoms with Crippen LogP contribution in [0.5, 0.6) is 0 Å². The zero-order valence-electron chi connectivity index (χ0n) is 17.1. The molecule has 0 amide bonds. The monoisotopic (exact) mass is 396 g/mol. The first-order valence-corrected chi connectivity index (χ1v) is 10.4. The highest BCUT2D eigenvalue weighted by atomic mass is 16.6. The Morgan fingerprint density at radius 3 is 2.48 bits per heavy atom. The van der Waals surface area contributed by atoms with Gasteiger partial charge in [0, 0.05) is 74.8 Å². The second-order valence-electron chi connectivity index (χ2n) is 7.85. The van der Waals surface area contributed by atoms with Crippen molar-refractivity contribution in [2.45, 2.75) is 26.3 Å². The third-order valence-corrected chi connectivity index (χ3v) is 6.03. The number of aromatic nitrogens is 2. The predicted molar refractivity (Wildman–Crippen MR) is 113 cm³/mol. The first-order chi connectivity index (χ1) is 14.0. The summed E-state index contributed by atoms with van der Waals surface area (Å²) in [5.41, 5.74) is 1.78. The van der Waals surface area contributed by atoms with E-state index in [0.717, 1.165) is 69.3 Å². The summed E-state index contributed by atoms with van der Waals surface area (Å²) in [6.07, 6.45) is 1.15. The van der Waals surface area contributed by atoms with Crippen LogP contribution in [0.15, 0.2) is 30.3 Å². The van der Waals surface area contributed by atoms with Gasteiger partial charge in [-0.05, 0) is 32.0 Å². The number of benzene rings is 1. The number of hydrogen-bond donors (Lipinski definition) is 0. The fourth-order valence-corrected chi connectivity index (χ4v) is 4.27. The Hall–Kier alpha value is -2.58. The number of likely N-dealkylation sites (N-methyl/N-ethyl adjacent to an activating group) is 1. The van der Waals surface area contributed by atoms with Crippen LogP contribution >= 0.6 is 0 Å². The summed E-state index contributed by atoms with van der Waals surface area (Å²) >= 11 is 0. The number of rotatable bonds is 5. The number of nitrogens with zero attached hydrogens (tertiary/aromatic N) is 6. The maximum atomic E-state index is 10.9. The molecule has 2 aliphatic heterocycles. The maximum Gasteiger partial charge on any atom is 0.269 e. The molecule has 8 heteroatoms. The average molecular weight is 396 g/mol. The highest BCUT2D eigenvalue weighted by Crippen LogP contribution is 2.26. The molecular formula is C21H28N6O2. The third kappa shape index (κ3) is 4.38. The molecule has 2 aromatic rings. The van der Waals surface area contributed by atoms with E-state index in [1.165, 1.54) is 12.1 Å². The van der Waals surface area contributed by atoms with E-state index in [-0.39, 0.29) is 5.69 Å². The molecule has 0 saturated carbocycles. The van der Waals surface area contributed by atoms with Crippen LogP contribution in [0.4, 0.5) is 11.5 Å². The van der Waals surface area contributed by atoms with E-state index in [2.05, 4.69) is 26.6 Å². The summed E-state index contributed by atoms with van der Waals surface area (Å²) in [6, 6.07) is 9.05. The van der Waals surface area contributed by atoms with E-state index < -0.39 is 4.92 Å². The highest BCUT2D eigenvalue weighted by molar-refractivity contribution is 5.60. The van der Waals surface area contributed by atoms with Gasteiger partial charge < -0.3 is 9.80 Å². The first-order valence-electron chi connectivity index (χ1n) is 10.4. The molecule has 0 N–H and O–H groups in total. The SMILES string of the molecule is CCN1CCN(C2CCN(c3cc(C)nc(-c4ccc([N+](=O)[O-])cc4)n3)C2)CC1. The molecule has 8 nitrogen and oxygen atoms in total.